The van der Waals surface area contributed by atoms with Gasteiger partial charge in [-0.2, -0.15) is 0 Å². The van der Waals surface area contributed by atoms with E-state index < -0.39 is 0 Å². The molecule has 1 saturated carbocycles. The normalized spacial score (nSPS) is 18.4. The van der Waals surface area contributed by atoms with Gasteiger partial charge in [-0.05, 0) is 38.0 Å². The second-order valence-corrected chi connectivity index (χ2v) is 5.25. The van der Waals surface area contributed by atoms with Crippen molar-refractivity contribution in [3.05, 3.63) is 29.3 Å². The molecule has 4 nitrogen and oxygen atoms in total. The van der Waals surface area contributed by atoms with Crippen LogP contribution in [0.2, 0.25) is 5.02 Å². The molecule has 1 atom stereocenters. The van der Waals surface area contributed by atoms with Gasteiger partial charge in [0.05, 0.1) is 6.04 Å². The van der Waals surface area contributed by atoms with Crippen LogP contribution >= 0.6 is 11.6 Å². The van der Waals surface area contributed by atoms with Crippen LogP contribution in [0.3, 0.4) is 0 Å². The summed E-state index contributed by atoms with van der Waals surface area (Å²) < 4.78 is 5.80. The van der Waals surface area contributed by atoms with Crippen LogP contribution in [0.1, 0.15) is 32.6 Å². The lowest BCUT2D eigenvalue weighted by atomic mass is 10.2. The summed E-state index contributed by atoms with van der Waals surface area (Å²) in [6.07, 6.45) is 4.54. The first kappa shape index (κ1) is 14.2. The van der Waals surface area contributed by atoms with Gasteiger partial charge >= 0.3 is 0 Å². The number of nitrogens with one attached hydrogen (secondary N) is 1. The lowest BCUT2D eigenvalue weighted by Crippen LogP contribution is -2.41. The first-order valence-electron chi connectivity index (χ1n) is 6.65. The van der Waals surface area contributed by atoms with Crippen LogP contribution in [-0.4, -0.2) is 18.0 Å². The fourth-order valence-corrected chi connectivity index (χ4v) is 2.47. The zero-order valence-electron chi connectivity index (χ0n) is 11.1. The molecule has 2 rings (SSSR count). The van der Waals surface area contributed by atoms with E-state index in [2.05, 4.69) is 10.4 Å². The molecule has 0 aliphatic heterocycles. The van der Waals surface area contributed by atoms with Crippen LogP contribution in [-0.2, 0) is 0 Å². The highest BCUT2D eigenvalue weighted by Crippen LogP contribution is 2.22. The van der Waals surface area contributed by atoms with Gasteiger partial charge < -0.3 is 10.2 Å². The summed E-state index contributed by atoms with van der Waals surface area (Å²) in [5.74, 6) is 6.95. The standard InChI is InChI=1S/C14H20ClN3O/c1-10(19-13-8-4-5-11(15)9-13)14(18-16)17-12-6-2-3-7-12/h4-5,8-10,12H,2-3,6-7,16H2,1H3,(H,17,18). The predicted molar refractivity (Wildman–Crippen MR) is 78.6 cm³/mol. The van der Waals surface area contributed by atoms with Crippen molar-refractivity contribution in [2.24, 2.45) is 10.8 Å². The number of nitrogens with zero attached hydrogens (tertiary/aromatic N) is 1. The third-order valence-electron chi connectivity index (χ3n) is 3.29. The van der Waals surface area contributed by atoms with Crippen molar-refractivity contribution in [1.82, 2.24) is 5.43 Å². The Hall–Kier alpha value is -1.26. The monoisotopic (exact) mass is 281 g/mol. The number of amidine groups is 1. The molecule has 0 aromatic heterocycles. The first-order valence-corrected chi connectivity index (χ1v) is 7.03. The molecule has 0 radical (unpaired) electrons. The highest BCUT2D eigenvalue weighted by molar-refractivity contribution is 6.30. The Morgan fingerprint density at radius 1 is 1.47 bits per heavy atom. The highest BCUT2D eigenvalue weighted by Gasteiger charge is 2.18. The predicted octanol–water partition coefficient (Wildman–Crippen LogP) is 2.91. The second kappa shape index (κ2) is 6.78. The van der Waals surface area contributed by atoms with Gasteiger partial charge in [-0.15, -0.1) is 0 Å². The average Bonchev–Trinajstić information content (AvgIpc) is 2.88. The summed E-state index contributed by atoms with van der Waals surface area (Å²) in [5, 5.41) is 0.652. The van der Waals surface area contributed by atoms with E-state index in [4.69, 9.17) is 22.2 Å². The summed E-state index contributed by atoms with van der Waals surface area (Å²) in [6.45, 7) is 1.93. The van der Waals surface area contributed by atoms with Crippen molar-refractivity contribution in [3.63, 3.8) is 0 Å². The second-order valence-electron chi connectivity index (χ2n) is 4.81. The number of halogens is 1. The van der Waals surface area contributed by atoms with Crippen LogP contribution in [0.15, 0.2) is 29.3 Å². The molecule has 0 amide bonds. The van der Waals surface area contributed by atoms with Gasteiger partial charge in [-0.1, -0.05) is 30.5 Å². The fourth-order valence-electron chi connectivity index (χ4n) is 2.29. The lowest BCUT2D eigenvalue weighted by molar-refractivity contribution is 0.281. The van der Waals surface area contributed by atoms with Gasteiger partial charge in [0.25, 0.3) is 0 Å². The first-order chi connectivity index (χ1) is 9.19. The molecule has 1 unspecified atom stereocenters. The van der Waals surface area contributed by atoms with Gasteiger partial charge in [0.15, 0.2) is 11.9 Å². The number of rotatable bonds is 4. The molecule has 1 aliphatic carbocycles. The van der Waals surface area contributed by atoms with Crippen LogP contribution < -0.4 is 16.0 Å². The molecule has 1 aromatic carbocycles. The van der Waals surface area contributed by atoms with Crippen LogP contribution in [0.25, 0.3) is 0 Å². The minimum Gasteiger partial charge on any atom is -0.483 e. The molecule has 0 saturated heterocycles. The Bertz CT molecular complexity index is 444. The third kappa shape index (κ3) is 4.11. The number of hydrogen-bond acceptors (Lipinski definition) is 3. The van der Waals surface area contributed by atoms with E-state index in [1.807, 2.05) is 25.1 Å². The van der Waals surface area contributed by atoms with Crippen molar-refractivity contribution in [2.75, 3.05) is 0 Å². The molecule has 0 heterocycles. The Morgan fingerprint density at radius 2 is 2.21 bits per heavy atom. The fraction of sp³-hybridized carbons (Fsp3) is 0.500. The van der Waals surface area contributed by atoms with Crippen molar-refractivity contribution < 1.29 is 4.74 Å². The van der Waals surface area contributed by atoms with E-state index in [-0.39, 0.29) is 6.10 Å². The Kier molecular flexibility index (Phi) is 5.05. The summed E-state index contributed by atoms with van der Waals surface area (Å²) in [7, 11) is 0. The zero-order valence-corrected chi connectivity index (χ0v) is 11.9. The van der Waals surface area contributed by atoms with Crippen molar-refractivity contribution >= 4 is 17.4 Å². The summed E-state index contributed by atoms with van der Waals surface area (Å²) in [5.41, 5.74) is 2.66. The van der Waals surface area contributed by atoms with E-state index in [1.165, 1.54) is 12.8 Å². The van der Waals surface area contributed by atoms with E-state index >= 15 is 0 Å². The van der Waals surface area contributed by atoms with E-state index in [0.29, 0.717) is 16.9 Å². The molecule has 1 aromatic rings. The van der Waals surface area contributed by atoms with Gasteiger partial charge in [0.1, 0.15) is 5.75 Å². The van der Waals surface area contributed by atoms with E-state index in [9.17, 15) is 0 Å². The number of aliphatic imine (C=N–C) groups is 1. The number of nitrogens with two attached hydrogens (primary N) is 1. The molecule has 104 valence electrons. The number of ether oxygens (including phenoxy) is 1. The third-order valence-corrected chi connectivity index (χ3v) is 3.52. The molecule has 3 N–H and O–H groups in total. The number of hydrazine groups is 1. The summed E-state index contributed by atoms with van der Waals surface area (Å²) >= 11 is 5.93. The van der Waals surface area contributed by atoms with Crippen molar-refractivity contribution in [1.29, 1.82) is 0 Å². The van der Waals surface area contributed by atoms with Gasteiger partial charge in [-0.25, -0.2) is 5.84 Å². The quantitative estimate of drug-likeness (QED) is 0.386. The minimum absolute atomic E-state index is 0.218. The Morgan fingerprint density at radius 3 is 2.84 bits per heavy atom. The van der Waals surface area contributed by atoms with E-state index in [0.717, 1.165) is 18.6 Å². The van der Waals surface area contributed by atoms with Crippen LogP contribution in [0.4, 0.5) is 0 Å². The Balaban J connectivity index is 2.01. The molecule has 0 spiro atoms. The molecular weight excluding hydrogens is 262 g/mol. The highest BCUT2D eigenvalue weighted by atomic mass is 35.5. The van der Waals surface area contributed by atoms with Crippen LogP contribution in [0, 0.1) is 0 Å². The van der Waals surface area contributed by atoms with Crippen molar-refractivity contribution in [3.8, 4) is 5.75 Å². The van der Waals surface area contributed by atoms with Gasteiger partial charge in [-0.3, -0.25) is 4.99 Å². The van der Waals surface area contributed by atoms with Crippen molar-refractivity contribution in [2.45, 2.75) is 44.8 Å². The summed E-state index contributed by atoms with van der Waals surface area (Å²) in [6, 6.07) is 7.69. The van der Waals surface area contributed by atoms with Crippen LogP contribution in [0.5, 0.6) is 5.75 Å². The topological polar surface area (TPSA) is 59.6 Å². The zero-order chi connectivity index (χ0) is 13.7. The molecule has 5 heteroatoms. The summed E-state index contributed by atoms with van der Waals surface area (Å²) in [4.78, 5) is 4.64. The maximum atomic E-state index is 5.93. The SMILES string of the molecule is CC(Oc1cccc(Cl)c1)C(=NC1CCCC1)NN. The largest absolute Gasteiger partial charge is 0.483 e. The van der Waals surface area contributed by atoms with Gasteiger partial charge in [0, 0.05) is 5.02 Å². The molecule has 0 bridgehead atoms. The molecule has 19 heavy (non-hydrogen) atoms. The molecule has 1 fully saturated rings. The Labute approximate surface area is 119 Å². The van der Waals surface area contributed by atoms with Gasteiger partial charge in [0.2, 0.25) is 0 Å². The smallest absolute Gasteiger partial charge is 0.154 e. The molecular formula is C14H20ClN3O. The number of hydrogen-bond donors (Lipinski definition) is 2. The lowest BCUT2D eigenvalue weighted by Gasteiger charge is -2.18. The maximum Gasteiger partial charge on any atom is 0.154 e. The number of benzene rings is 1. The molecule has 1 aliphatic rings. The average molecular weight is 282 g/mol. The minimum atomic E-state index is -0.218. The van der Waals surface area contributed by atoms with E-state index in [1.54, 1.807) is 6.07 Å². The maximum absolute atomic E-state index is 5.93.